The molecular formula is C11H11BrO3. The Kier molecular flexibility index (Phi) is 2.46. The smallest absolute Gasteiger partial charge is 0.304 e. The Morgan fingerprint density at radius 3 is 2.60 bits per heavy atom. The van der Waals surface area contributed by atoms with Crippen molar-refractivity contribution < 1.29 is 15.0 Å². The molecule has 0 aromatic heterocycles. The molecule has 0 amide bonds. The highest BCUT2D eigenvalue weighted by molar-refractivity contribution is 9.10. The average Bonchev–Trinajstić information content (AvgIpc) is 2.89. The van der Waals surface area contributed by atoms with E-state index in [4.69, 9.17) is 5.11 Å². The van der Waals surface area contributed by atoms with Crippen LogP contribution in [0.2, 0.25) is 0 Å². The van der Waals surface area contributed by atoms with Gasteiger partial charge in [0.25, 0.3) is 0 Å². The fourth-order valence-electron chi connectivity index (χ4n) is 1.85. The summed E-state index contributed by atoms with van der Waals surface area (Å²) >= 11 is 3.20. The van der Waals surface area contributed by atoms with Gasteiger partial charge < -0.3 is 10.2 Å². The van der Waals surface area contributed by atoms with Gasteiger partial charge in [0.2, 0.25) is 0 Å². The van der Waals surface area contributed by atoms with Crippen LogP contribution < -0.4 is 0 Å². The highest BCUT2D eigenvalue weighted by Gasteiger charge is 2.46. The lowest BCUT2D eigenvalue weighted by Crippen LogP contribution is -2.12. The molecule has 4 heteroatoms. The maximum atomic E-state index is 10.7. The molecule has 1 fully saturated rings. The number of phenols is 1. The summed E-state index contributed by atoms with van der Waals surface area (Å²) < 4.78 is 0.636. The molecule has 0 spiro atoms. The number of halogens is 1. The van der Waals surface area contributed by atoms with E-state index in [1.54, 1.807) is 12.1 Å². The zero-order valence-electron chi connectivity index (χ0n) is 8.03. The number of carboxylic acids is 1. The number of rotatable bonds is 3. The Bertz CT molecular complexity index is 410. The van der Waals surface area contributed by atoms with E-state index < -0.39 is 5.97 Å². The van der Waals surface area contributed by atoms with Gasteiger partial charge in [0.1, 0.15) is 5.75 Å². The van der Waals surface area contributed by atoms with E-state index in [0.29, 0.717) is 4.47 Å². The van der Waals surface area contributed by atoms with E-state index in [-0.39, 0.29) is 17.6 Å². The Hall–Kier alpha value is -1.03. The van der Waals surface area contributed by atoms with Gasteiger partial charge in [-0.05, 0) is 46.5 Å². The van der Waals surface area contributed by atoms with Crippen molar-refractivity contribution in [2.24, 2.45) is 0 Å². The zero-order chi connectivity index (χ0) is 11.1. The molecule has 1 aliphatic carbocycles. The van der Waals surface area contributed by atoms with Gasteiger partial charge in [-0.25, -0.2) is 0 Å². The van der Waals surface area contributed by atoms with E-state index >= 15 is 0 Å². The molecule has 0 bridgehead atoms. The fraction of sp³-hybridized carbons (Fsp3) is 0.364. The summed E-state index contributed by atoms with van der Waals surface area (Å²) in [7, 11) is 0. The lowest BCUT2D eigenvalue weighted by atomic mass is 9.92. The topological polar surface area (TPSA) is 57.5 Å². The van der Waals surface area contributed by atoms with E-state index in [1.807, 2.05) is 6.07 Å². The van der Waals surface area contributed by atoms with E-state index in [1.165, 1.54) is 0 Å². The average molecular weight is 271 g/mol. The number of benzene rings is 1. The molecule has 1 aliphatic rings. The molecule has 1 aromatic rings. The third-order valence-corrected chi connectivity index (χ3v) is 3.57. The van der Waals surface area contributed by atoms with Crippen LogP contribution in [-0.4, -0.2) is 16.2 Å². The lowest BCUT2D eigenvalue weighted by molar-refractivity contribution is -0.137. The van der Waals surface area contributed by atoms with Crippen molar-refractivity contribution in [3.8, 4) is 5.75 Å². The monoisotopic (exact) mass is 270 g/mol. The molecule has 2 rings (SSSR count). The van der Waals surface area contributed by atoms with Gasteiger partial charge in [-0.3, -0.25) is 4.79 Å². The van der Waals surface area contributed by atoms with Crippen LogP contribution >= 0.6 is 15.9 Å². The van der Waals surface area contributed by atoms with Crippen LogP contribution in [0.4, 0.5) is 0 Å². The summed E-state index contributed by atoms with van der Waals surface area (Å²) in [5.74, 6) is -0.612. The van der Waals surface area contributed by atoms with Crippen LogP contribution in [0.1, 0.15) is 24.8 Å². The highest BCUT2D eigenvalue weighted by atomic mass is 79.9. The molecule has 15 heavy (non-hydrogen) atoms. The summed E-state index contributed by atoms with van der Waals surface area (Å²) in [4.78, 5) is 10.7. The van der Waals surface area contributed by atoms with Gasteiger partial charge in [-0.2, -0.15) is 0 Å². The van der Waals surface area contributed by atoms with Gasteiger partial charge in [0.15, 0.2) is 0 Å². The standard InChI is InChI=1S/C11H11BrO3/c12-8-2-1-7(5-9(8)13)11(3-4-11)6-10(14)15/h1-2,5,13H,3-4,6H2,(H,14,15). The van der Waals surface area contributed by atoms with Crippen molar-refractivity contribution in [1.82, 2.24) is 0 Å². The number of carbonyl (C=O) groups is 1. The van der Waals surface area contributed by atoms with Crippen molar-refractivity contribution in [3.63, 3.8) is 0 Å². The SMILES string of the molecule is O=C(O)CC1(c2ccc(Br)c(O)c2)CC1. The number of aliphatic carboxylic acids is 1. The van der Waals surface area contributed by atoms with Gasteiger partial charge in [0.05, 0.1) is 10.9 Å². The quantitative estimate of drug-likeness (QED) is 0.888. The first-order valence-electron chi connectivity index (χ1n) is 4.74. The Labute approximate surface area is 95.9 Å². The number of carboxylic acid groups (broad SMARTS) is 1. The Morgan fingerprint density at radius 2 is 2.13 bits per heavy atom. The Morgan fingerprint density at radius 1 is 1.47 bits per heavy atom. The van der Waals surface area contributed by atoms with Crippen molar-refractivity contribution in [2.75, 3.05) is 0 Å². The summed E-state index contributed by atoms with van der Waals surface area (Å²) in [6, 6.07) is 5.28. The fourth-order valence-corrected chi connectivity index (χ4v) is 2.10. The minimum Gasteiger partial charge on any atom is -0.507 e. The minimum atomic E-state index is -0.782. The zero-order valence-corrected chi connectivity index (χ0v) is 9.62. The van der Waals surface area contributed by atoms with Gasteiger partial charge in [-0.1, -0.05) is 6.07 Å². The van der Waals surface area contributed by atoms with Gasteiger partial charge in [-0.15, -0.1) is 0 Å². The second-order valence-corrected chi connectivity index (χ2v) is 4.87. The molecule has 0 atom stereocenters. The number of hydrogen-bond donors (Lipinski definition) is 2. The van der Waals surface area contributed by atoms with Crippen molar-refractivity contribution >= 4 is 21.9 Å². The van der Waals surface area contributed by atoms with Crippen LogP contribution in [0.5, 0.6) is 5.75 Å². The minimum absolute atomic E-state index is 0.147. The van der Waals surface area contributed by atoms with Gasteiger partial charge in [0, 0.05) is 5.41 Å². The summed E-state index contributed by atoms with van der Waals surface area (Å²) in [5.41, 5.74) is 0.690. The molecule has 80 valence electrons. The lowest BCUT2D eigenvalue weighted by Gasteiger charge is -2.13. The first-order chi connectivity index (χ1) is 7.03. The second-order valence-electron chi connectivity index (χ2n) is 4.02. The van der Waals surface area contributed by atoms with Crippen LogP contribution in [0, 0.1) is 0 Å². The molecule has 3 nitrogen and oxygen atoms in total. The van der Waals surface area contributed by atoms with Gasteiger partial charge >= 0.3 is 5.97 Å². The van der Waals surface area contributed by atoms with Crippen LogP contribution in [0.25, 0.3) is 0 Å². The maximum Gasteiger partial charge on any atom is 0.304 e. The van der Waals surface area contributed by atoms with Crippen LogP contribution in [0.15, 0.2) is 22.7 Å². The van der Waals surface area contributed by atoms with Crippen molar-refractivity contribution in [3.05, 3.63) is 28.2 Å². The normalized spacial score (nSPS) is 17.4. The molecule has 0 radical (unpaired) electrons. The van der Waals surface area contributed by atoms with Crippen molar-refractivity contribution in [1.29, 1.82) is 0 Å². The van der Waals surface area contributed by atoms with Crippen molar-refractivity contribution in [2.45, 2.75) is 24.7 Å². The number of hydrogen-bond acceptors (Lipinski definition) is 2. The molecule has 0 aliphatic heterocycles. The second kappa shape index (κ2) is 3.52. The molecular weight excluding hydrogens is 260 g/mol. The number of phenolic OH excluding ortho intramolecular Hbond substituents is 1. The van der Waals surface area contributed by atoms with Crippen LogP contribution in [-0.2, 0) is 10.2 Å². The van der Waals surface area contributed by atoms with E-state index in [0.717, 1.165) is 18.4 Å². The molecule has 0 unspecified atom stereocenters. The number of aromatic hydroxyl groups is 1. The summed E-state index contributed by atoms with van der Waals surface area (Å²) in [5, 5.41) is 18.3. The first-order valence-corrected chi connectivity index (χ1v) is 5.54. The Balaban J connectivity index is 2.29. The molecule has 0 heterocycles. The van der Waals surface area contributed by atoms with E-state index in [9.17, 15) is 9.90 Å². The maximum absolute atomic E-state index is 10.7. The predicted molar refractivity (Wildman–Crippen MR) is 59.0 cm³/mol. The molecule has 0 saturated heterocycles. The summed E-state index contributed by atoms with van der Waals surface area (Å²) in [6.07, 6.45) is 1.93. The first kappa shape index (κ1) is 10.5. The third-order valence-electron chi connectivity index (χ3n) is 2.90. The van der Waals surface area contributed by atoms with Crippen LogP contribution in [0.3, 0.4) is 0 Å². The predicted octanol–water partition coefficient (Wildman–Crippen LogP) is 2.66. The molecule has 1 saturated carbocycles. The highest BCUT2D eigenvalue weighted by Crippen LogP contribution is 2.52. The molecule has 2 N–H and O–H groups in total. The molecule has 1 aromatic carbocycles. The largest absolute Gasteiger partial charge is 0.507 e. The summed E-state index contributed by atoms with van der Waals surface area (Å²) in [6.45, 7) is 0. The third kappa shape index (κ3) is 2.00. The van der Waals surface area contributed by atoms with E-state index in [2.05, 4.69) is 15.9 Å².